The molecule has 0 aliphatic carbocycles. The number of pyridine rings is 1. The number of nitrogens with one attached hydrogen (secondary N) is 1. The molecule has 1 aliphatic rings. The van der Waals surface area contributed by atoms with E-state index in [1.54, 1.807) is 0 Å². The largest absolute Gasteiger partial charge is 0.349 e. The highest BCUT2D eigenvalue weighted by molar-refractivity contribution is 5.78. The topological polar surface area (TPSA) is 50.8 Å². The van der Waals surface area contributed by atoms with Crippen molar-refractivity contribution in [3.05, 3.63) is 72.2 Å². The number of aromatic nitrogens is 4. The molecule has 1 saturated heterocycles. The average molecular weight is 385 g/mol. The summed E-state index contributed by atoms with van der Waals surface area (Å²) in [7, 11) is 0. The zero-order valence-electron chi connectivity index (χ0n) is 16.8. The summed E-state index contributed by atoms with van der Waals surface area (Å²) in [6.07, 6.45) is 1.93. The first-order chi connectivity index (χ1) is 14.2. The minimum Gasteiger partial charge on any atom is -0.349 e. The smallest absolute Gasteiger partial charge is 0.274 e. The molecule has 146 valence electrons. The molecule has 3 aromatic heterocycles. The maximum atomic E-state index is 4.80. The third kappa shape index (κ3) is 3.31. The molecule has 0 radical (unpaired) electrons. The van der Waals surface area contributed by atoms with Crippen molar-refractivity contribution in [2.24, 2.45) is 0 Å². The van der Waals surface area contributed by atoms with Crippen LogP contribution in [0.4, 0.5) is 11.6 Å². The van der Waals surface area contributed by atoms with Crippen LogP contribution in [0.1, 0.15) is 11.4 Å². The van der Waals surface area contributed by atoms with Crippen molar-refractivity contribution < 1.29 is 4.98 Å². The normalized spacial score (nSPS) is 14.6. The molecule has 0 unspecified atom stereocenters. The third-order valence-electron chi connectivity index (χ3n) is 5.54. The van der Waals surface area contributed by atoms with Crippen LogP contribution in [0, 0.1) is 13.8 Å². The fraction of sp³-hybridized carbons (Fsp3) is 0.261. The van der Waals surface area contributed by atoms with Gasteiger partial charge in [0.2, 0.25) is 0 Å². The van der Waals surface area contributed by atoms with Crippen LogP contribution in [0.25, 0.3) is 16.8 Å². The summed E-state index contributed by atoms with van der Waals surface area (Å²) in [5.74, 6) is 2.30. The highest BCUT2D eigenvalue weighted by atomic mass is 15.4. The van der Waals surface area contributed by atoms with Crippen molar-refractivity contribution in [1.82, 2.24) is 14.6 Å². The second kappa shape index (κ2) is 7.20. The Morgan fingerprint density at radius 3 is 2.38 bits per heavy atom. The number of anilines is 2. The lowest BCUT2D eigenvalue weighted by molar-refractivity contribution is -0.373. The zero-order chi connectivity index (χ0) is 19.8. The summed E-state index contributed by atoms with van der Waals surface area (Å²) in [6, 6.07) is 18.9. The fourth-order valence-corrected chi connectivity index (χ4v) is 4.04. The van der Waals surface area contributed by atoms with E-state index in [0.29, 0.717) is 0 Å². The standard InChI is InChI=1S/C23H24N6/c1-17-7-6-10-21(25-17)27-11-13-28(14-12-27)22-15-18(2)26-23-20(16-24-29(22)23)19-8-4-3-5-9-19/h3-10,15-16H,11-14H2,1-2H3/p+1. The number of hydrogen-bond donors (Lipinski definition) is 0. The molecule has 1 N–H and O–H groups in total. The Hall–Kier alpha value is -3.41. The maximum Gasteiger partial charge on any atom is 0.274 e. The zero-order valence-corrected chi connectivity index (χ0v) is 16.8. The lowest BCUT2D eigenvalue weighted by atomic mass is 10.1. The van der Waals surface area contributed by atoms with Gasteiger partial charge in [-0.1, -0.05) is 36.4 Å². The molecule has 6 heteroatoms. The van der Waals surface area contributed by atoms with E-state index in [1.807, 2.05) is 16.8 Å². The Morgan fingerprint density at radius 2 is 1.62 bits per heavy atom. The summed E-state index contributed by atoms with van der Waals surface area (Å²) >= 11 is 0. The summed E-state index contributed by atoms with van der Waals surface area (Å²) in [5, 5.41) is 4.69. The second-order valence-corrected chi connectivity index (χ2v) is 7.61. The monoisotopic (exact) mass is 385 g/mol. The summed E-state index contributed by atoms with van der Waals surface area (Å²) < 4.78 is 1.99. The summed E-state index contributed by atoms with van der Waals surface area (Å²) in [4.78, 5) is 13.1. The van der Waals surface area contributed by atoms with E-state index in [2.05, 4.69) is 77.2 Å². The molecular formula is C23H25N6+. The Labute approximate surface area is 170 Å². The average Bonchev–Trinajstić information content (AvgIpc) is 3.18. The van der Waals surface area contributed by atoms with Crippen molar-refractivity contribution in [3.8, 4) is 11.1 Å². The van der Waals surface area contributed by atoms with E-state index in [9.17, 15) is 0 Å². The predicted octanol–water partition coefficient (Wildman–Crippen LogP) is 3.15. The highest BCUT2D eigenvalue weighted by Crippen LogP contribution is 2.27. The van der Waals surface area contributed by atoms with Crippen LogP contribution < -0.4 is 14.8 Å². The highest BCUT2D eigenvalue weighted by Gasteiger charge is 2.25. The van der Waals surface area contributed by atoms with Crippen LogP contribution in [0.2, 0.25) is 0 Å². The molecule has 0 atom stereocenters. The first-order valence-electron chi connectivity index (χ1n) is 10.1. The van der Waals surface area contributed by atoms with E-state index in [4.69, 9.17) is 10.1 Å². The van der Waals surface area contributed by atoms with Gasteiger partial charge in [-0.15, -0.1) is 0 Å². The molecule has 4 heterocycles. The fourth-order valence-electron chi connectivity index (χ4n) is 4.04. The van der Waals surface area contributed by atoms with E-state index in [0.717, 1.165) is 54.5 Å². The van der Waals surface area contributed by atoms with Crippen LogP contribution in [-0.2, 0) is 0 Å². The van der Waals surface area contributed by atoms with Crippen LogP contribution in [0.15, 0.2) is 60.8 Å². The van der Waals surface area contributed by atoms with Crippen molar-refractivity contribution in [3.63, 3.8) is 0 Å². The van der Waals surface area contributed by atoms with Crippen LogP contribution in [0.3, 0.4) is 0 Å². The van der Waals surface area contributed by atoms with E-state index in [-0.39, 0.29) is 0 Å². The molecule has 0 spiro atoms. The van der Waals surface area contributed by atoms with E-state index in [1.165, 1.54) is 11.5 Å². The van der Waals surface area contributed by atoms with Gasteiger partial charge in [0, 0.05) is 23.4 Å². The van der Waals surface area contributed by atoms with Gasteiger partial charge in [-0.25, -0.2) is 9.97 Å². The van der Waals surface area contributed by atoms with Gasteiger partial charge in [-0.05, 0) is 25.5 Å². The van der Waals surface area contributed by atoms with Gasteiger partial charge in [-0.2, -0.15) is 9.61 Å². The SMILES string of the molecule is Cc1cc(N2CCN(c3cccc(C)[nH+]3)CC2)n2ncc(-c3ccccc3)c2n1. The molecule has 0 bridgehead atoms. The lowest BCUT2D eigenvalue weighted by Crippen LogP contribution is -2.48. The number of benzene rings is 1. The number of aryl methyl sites for hydroxylation is 2. The molecule has 1 aromatic carbocycles. The van der Waals surface area contributed by atoms with Gasteiger partial charge >= 0.3 is 0 Å². The molecule has 0 amide bonds. The maximum absolute atomic E-state index is 4.80. The molecule has 0 saturated carbocycles. The minimum absolute atomic E-state index is 0.917. The van der Waals surface area contributed by atoms with E-state index >= 15 is 0 Å². The van der Waals surface area contributed by atoms with Crippen molar-refractivity contribution >= 4 is 17.3 Å². The first-order valence-corrected chi connectivity index (χ1v) is 10.1. The van der Waals surface area contributed by atoms with Crippen molar-refractivity contribution in [2.45, 2.75) is 13.8 Å². The van der Waals surface area contributed by atoms with Crippen molar-refractivity contribution in [1.29, 1.82) is 0 Å². The van der Waals surface area contributed by atoms with Crippen molar-refractivity contribution in [2.75, 3.05) is 36.0 Å². The number of aromatic amines is 1. The molecule has 29 heavy (non-hydrogen) atoms. The summed E-state index contributed by atoms with van der Waals surface area (Å²) in [6.45, 7) is 7.98. The van der Waals surface area contributed by atoms with Gasteiger partial charge in [0.05, 0.1) is 25.0 Å². The van der Waals surface area contributed by atoms with Crippen LogP contribution in [-0.4, -0.2) is 40.8 Å². The minimum atomic E-state index is 0.917. The molecule has 4 aromatic rings. The molecule has 6 nitrogen and oxygen atoms in total. The number of nitrogens with zero attached hydrogens (tertiary/aromatic N) is 5. The predicted molar refractivity (Wildman–Crippen MR) is 115 cm³/mol. The van der Waals surface area contributed by atoms with Gasteiger partial charge < -0.3 is 4.90 Å². The van der Waals surface area contributed by atoms with Crippen LogP contribution >= 0.6 is 0 Å². The third-order valence-corrected chi connectivity index (χ3v) is 5.54. The number of rotatable bonds is 3. The number of hydrogen-bond acceptors (Lipinski definition) is 4. The molecule has 5 rings (SSSR count). The van der Waals surface area contributed by atoms with Gasteiger partial charge in [0.1, 0.15) is 18.9 Å². The second-order valence-electron chi connectivity index (χ2n) is 7.61. The quantitative estimate of drug-likeness (QED) is 0.544. The molecule has 1 fully saturated rings. The Morgan fingerprint density at radius 1 is 0.862 bits per heavy atom. The molecule has 1 aliphatic heterocycles. The van der Waals surface area contributed by atoms with Gasteiger partial charge in [0.15, 0.2) is 5.65 Å². The molecular weight excluding hydrogens is 360 g/mol. The number of piperazine rings is 1. The summed E-state index contributed by atoms with van der Waals surface area (Å²) in [5.41, 5.74) is 5.33. The Balaban J connectivity index is 1.45. The number of fused-ring (bicyclic) bond motifs is 1. The van der Waals surface area contributed by atoms with Crippen LogP contribution in [0.5, 0.6) is 0 Å². The lowest BCUT2D eigenvalue weighted by Gasteiger charge is -2.32. The number of H-pyrrole nitrogens is 1. The Bertz CT molecular complexity index is 1140. The Kier molecular flexibility index (Phi) is 4.39. The first kappa shape index (κ1) is 17.7. The van der Waals surface area contributed by atoms with Gasteiger partial charge in [0.25, 0.3) is 5.82 Å². The van der Waals surface area contributed by atoms with E-state index < -0.39 is 0 Å². The van der Waals surface area contributed by atoms with Gasteiger partial charge in [-0.3, -0.25) is 4.90 Å².